The number of methoxy groups -OCH3 is 3. The molecule has 134 valence electrons. The van der Waals surface area contributed by atoms with Gasteiger partial charge in [-0.25, -0.2) is 0 Å². The first-order valence-electron chi connectivity index (χ1n) is 8.37. The number of benzene rings is 2. The summed E-state index contributed by atoms with van der Waals surface area (Å²) in [5, 5.41) is 4.00. The van der Waals surface area contributed by atoms with Crippen LogP contribution in [0, 0.1) is 0 Å². The Hall–Kier alpha value is -3.15. The van der Waals surface area contributed by atoms with Crippen molar-refractivity contribution in [2.45, 2.75) is 12.3 Å². The van der Waals surface area contributed by atoms with Crippen LogP contribution in [-0.4, -0.2) is 32.2 Å². The Morgan fingerprint density at radius 1 is 0.962 bits per heavy atom. The largest absolute Gasteiger partial charge is 0.493 e. The second-order valence-corrected chi connectivity index (χ2v) is 6.19. The van der Waals surface area contributed by atoms with Gasteiger partial charge in [0, 0.05) is 34.5 Å². The fraction of sp³-hybridized carbons (Fsp3) is 0.250. The van der Waals surface area contributed by atoms with Gasteiger partial charge in [0.2, 0.25) is 11.7 Å². The minimum atomic E-state index is -0.166. The fourth-order valence-electron chi connectivity index (χ4n) is 3.70. The van der Waals surface area contributed by atoms with E-state index in [0.29, 0.717) is 23.7 Å². The van der Waals surface area contributed by atoms with Crippen molar-refractivity contribution in [3.8, 4) is 17.2 Å². The van der Waals surface area contributed by atoms with E-state index in [9.17, 15) is 4.79 Å². The average molecular weight is 352 g/mol. The van der Waals surface area contributed by atoms with E-state index in [1.54, 1.807) is 21.3 Å². The lowest BCUT2D eigenvalue weighted by atomic mass is 9.87. The number of carbonyl (C=O) groups is 1. The normalized spacial score (nSPS) is 16.1. The first-order valence-corrected chi connectivity index (χ1v) is 8.37. The molecule has 0 saturated heterocycles. The van der Waals surface area contributed by atoms with Gasteiger partial charge in [-0.05, 0) is 12.1 Å². The number of nitrogens with one attached hydrogen (secondary N) is 2. The highest BCUT2D eigenvalue weighted by molar-refractivity contribution is 6.06. The van der Waals surface area contributed by atoms with Gasteiger partial charge >= 0.3 is 0 Å². The Balaban J connectivity index is 1.94. The van der Waals surface area contributed by atoms with Crippen LogP contribution in [0.25, 0.3) is 10.9 Å². The molecule has 2 N–H and O–H groups in total. The topological polar surface area (TPSA) is 72.6 Å². The Morgan fingerprint density at radius 2 is 1.73 bits per heavy atom. The monoisotopic (exact) mass is 352 g/mol. The predicted molar refractivity (Wildman–Crippen MR) is 99.5 cm³/mol. The Kier molecular flexibility index (Phi) is 3.95. The summed E-state index contributed by atoms with van der Waals surface area (Å²) >= 11 is 0. The van der Waals surface area contributed by atoms with E-state index >= 15 is 0 Å². The molecule has 0 fully saturated rings. The maximum atomic E-state index is 12.4. The van der Waals surface area contributed by atoms with Crippen LogP contribution >= 0.6 is 0 Å². The molecule has 6 nitrogen and oxygen atoms in total. The molecule has 26 heavy (non-hydrogen) atoms. The smallest absolute Gasteiger partial charge is 0.225 e. The molecule has 1 unspecified atom stereocenters. The van der Waals surface area contributed by atoms with Gasteiger partial charge in [0.25, 0.3) is 0 Å². The number of hydrogen-bond acceptors (Lipinski definition) is 4. The number of H-pyrrole nitrogens is 1. The van der Waals surface area contributed by atoms with Crippen LogP contribution in [0.3, 0.4) is 0 Å². The van der Waals surface area contributed by atoms with Gasteiger partial charge in [-0.15, -0.1) is 0 Å². The number of rotatable bonds is 4. The number of ether oxygens (including phenoxy) is 3. The lowest BCUT2D eigenvalue weighted by Gasteiger charge is -2.26. The summed E-state index contributed by atoms with van der Waals surface area (Å²) in [5.74, 6) is 1.50. The van der Waals surface area contributed by atoms with Crippen LogP contribution in [0.1, 0.15) is 23.6 Å². The van der Waals surface area contributed by atoms with Crippen molar-refractivity contribution in [1.82, 2.24) is 4.98 Å². The van der Waals surface area contributed by atoms with Crippen LogP contribution in [0.5, 0.6) is 17.2 Å². The molecule has 1 amide bonds. The Morgan fingerprint density at radius 3 is 2.46 bits per heavy atom. The molecule has 0 spiro atoms. The zero-order valence-electron chi connectivity index (χ0n) is 14.9. The van der Waals surface area contributed by atoms with E-state index in [2.05, 4.69) is 10.3 Å². The molecule has 4 rings (SSSR count). The third-order valence-corrected chi connectivity index (χ3v) is 4.85. The highest BCUT2D eigenvalue weighted by Crippen LogP contribution is 2.48. The zero-order chi connectivity index (χ0) is 18.3. The summed E-state index contributed by atoms with van der Waals surface area (Å²) in [4.78, 5) is 15.9. The van der Waals surface area contributed by atoms with E-state index in [4.69, 9.17) is 14.2 Å². The first kappa shape index (κ1) is 16.3. The minimum absolute atomic E-state index is 0.0240. The quantitative estimate of drug-likeness (QED) is 0.751. The predicted octanol–water partition coefficient (Wildman–Crippen LogP) is 3.67. The standard InChI is InChI=1S/C20H20N2O4/c1-24-15-9-8-11(19(25-2)20(15)26-3)13-10-16(23)22-17-12-6-4-5-7-14(12)21-18(13)17/h4-9,13,21H,10H2,1-3H3,(H,22,23). The minimum Gasteiger partial charge on any atom is -0.493 e. The molecule has 0 saturated carbocycles. The van der Waals surface area contributed by atoms with Crippen molar-refractivity contribution in [2.24, 2.45) is 0 Å². The highest BCUT2D eigenvalue weighted by Gasteiger charge is 2.33. The lowest BCUT2D eigenvalue weighted by Crippen LogP contribution is -2.23. The van der Waals surface area contributed by atoms with Crippen LogP contribution < -0.4 is 19.5 Å². The van der Waals surface area contributed by atoms with Crippen molar-refractivity contribution in [3.05, 3.63) is 47.7 Å². The van der Waals surface area contributed by atoms with Gasteiger partial charge in [0.15, 0.2) is 11.5 Å². The van der Waals surface area contributed by atoms with Gasteiger partial charge in [0.1, 0.15) is 0 Å². The third kappa shape index (κ3) is 2.37. The number of para-hydroxylation sites is 1. The summed E-state index contributed by atoms with van der Waals surface area (Å²) in [6.07, 6.45) is 0.325. The number of anilines is 1. The Bertz CT molecular complexity index is 993. The molecule has 6 heteroatoms. The first-order chi connectivity index (χ1) is 12.7. The van der Waals surface area contributed by atoms with E-state index in [-0.39, 0.29) is 11.8 Å². The second-order valence-electron chi connectivity index (χ2n) is 6.19. The van der Waals surface area contributed by atoms with E-state index in [1.807, 2.05) is 36.4 Å². The van der Waals surface area contributed by atoms with Crippen molar-refractivity contribution >= 4 is 22.5 Å². The van der Waals surface area contributed by atoms with Crippen LogP contribution in [0.15, 0.2) is 36.4 Å². The number of aromatic nitrogens is 1. The van der Waals surface area contributed by atoms with Crippen LogP contribution in [0.2, 0.25) is 0 Å². The molecule has 0 bridgehead atoms. The van der Waals surface area contributed by atoms with Crippen molar-refractivity contribution < 1.29 is 19.0 Å². The van der Waals surface area contributed by atoms with Crippen molar-refractivity contribution in [3.63, 3.8) is 0 Å². The van der Waals surface area contributed by atoms with Gasteiger partial charge in [-0.3, -0.25) is 4.79 Å². The summed E-state index contributed by atoms with van der Waals surface area (Å²) in [7, 11) is 4.75. The van der Waals surface area contributed by atoms with E-state index in [1.165, 1.54) is 0 Å². The van der Waals surface area contributed by atoms with E-state index in [0.717, 1.165) is 27.8 Å². The lowest BCUT2D eigenvalue weighted by molar-refractivity contribution is -0.116. The molecule has 3 aromatic rings. The van der Waals surface area contributed by atoms with Gasteiger partial charge in [-0.1, -0.05) is 24.3 Å². The molecule has 1 aliphatic heterocycles. The van der Waals surface area contributed by atoms with Crippen LogP contribution in [0.4, 0.5) is 5.69 Å². The zero-order valence-corrected chi connectivity index (χ0v) is 14.9. The maximum Gasteiger partial charge on any atom is 0.225 e. The number of carbonyl (C=O) groups excluding carboxylic acids is 1. The molecule has 2 heterocycles. The number of amides is 1. The van der Waals surface area contributed by atoms with E-state index < -0.39 is 0 Å². The SMILES string of the molecule is COc1ccc(C2CC(=O)Nc3c2[nH]c2ccccc32)c(OC)c1OC. The van der Waals surface area contributed by atoms with Gasteiger partial charge < -0.3 is 24.5 Å². The Labute approximate surface area is 151 Å². The van der Waals surface area contributed by atoms with Gasteiger partial charge in [0.05, 0.1) is 27.0 Å². The molecule has 0 radical (unpaired) electrons. The molecule has 0 aliphatic carbocycles. The highest BCUT2D eigenvalue weighted by atomic mass is 16.5. The van der Waals surface area contributed by atoms with Crippen molar-refractivity contribution in [2.75, 3.05) is 26.6 Å². The molecular weight excluding hydrogens is 332 g/mol. The number of hydrogen-bond donors (Lipinski definition) is 2. The average Bonchev–Trinajstić information content (AvgIpc) is 3.04. The summed E-state index contributed by atoms with van der Waals surface area (Å²) in [6, 6.07) is 11.7. The second kappa shape index (κ2) is 6.29. The number of aromatic amines is 1. The molecule has 1 atom stereocenters. The molecular formula is C20H20N2O4. The van der Waals surface area contributed by atoms with Gasteiger partial charge in [-0.2, -0.15) is 0 Å². The molecule has 1 aliphatic rings. The van der Waals surface area contributed by atoms with Crippen molar-refractivity contribution in [1.29, 1.82) is 0 Å². The third-order valence-electron chi connectivity index (χ3n) is 4.85. The maximum absolute atomic E-state index is 12.4. The molecule has 1 aromatic heterocycles. The number of fused-ring (bicyclic) bond motifs is 3. The summed E-state index contributed by atoms with van der Waals surface area (Å²) in [6.45, 7) is 0. The van der Waals surface area contributed by atoms with Crippen LogP contribution in [-0.2, 0) is 4.79 Å². The summed E-state index contributed by atoms with van der Waals surface area (Å²) in [5.41, 5.74) is 3.67. The fourth-order valence-corrected chi connectivity index (χ4v) is 3.70. The molecule has 2 aromatic carbocycles. The summed E-state index contributed by atoms with van der Waals surface area (Å²) < 4.78 is 16.5.